The molecule has 0 saturated heterocycles. The third-order valence-corrected chi connectivity index (χ3v) is 9.36. The van der Waals surface area contributed by atoms with Gasteiger partial charge in [0.15, 0.2) is 0 Å². The van der Waals surface area contributed by atoms with Crippen molar-refractivity contribution in [3.8, 4) is 0 Å². The Hall–Kier alpha value is -1.75. The Labute approximate surface area is 171 Å². The van der Waals surface area contributed by atoms with Gasteiger partial charge in [-0.05, 0) is 40.2 Å². The molecule has 3 aliphatic rings. The van der Waals surface area contributed by atoms with Gasteiger partial charge in [-0.2, -0.15) is 0 Å². The maximum absolute atomic E-state index is 13.0. The molecule has 1 heterocycles. The summed E-state index contributed by atoms with van der Waals surface area (Å²) in [6.07, 6.45) is 2.25. The van der Waals surface area contributed by atoms with E-state index in [4.69, 9.17) is 9.47 Å². The van der Waals surface area contributed by atoms with Crippen LogP contribution < -0.4 is 0 Å². The van der Waals surface area contributed by atoms with E-state index in [0.717, 1.165) is 18.4 Å². The summed E-state index contributed by atoms with van der Waals surface area (Å²) >= 11 is 1.55. The zero-order chi connectivity index (χ0) is 20.3. The minimum atomic E-state index is -0.589. The van der Waals surface area contributed by atoms with Crippen molar-refractivity contribution in [3.63, 3.8) is 0 Å². The van der Waals surface area contributed by atoms with E-state index in [1.165, 1.54) is 24.7 Å². The highest BCUT2D eigenvalue weighted by atomic mass is 32.2. The molecule has 5 heteroatoms. The minimum absolute atomic E-state index is 0.0259. The van der Waals surface area contributed by atoms with Gasteiger partial charge in [-0.25, -0.2) is 0 Å². The number of thioether (sulfide) groups is 1. The lowest BCUT2D eigenvalue weighted by atomic mass is 9.69. The van der Waals surface area contributed by atoms with E-state index in [1.807, 2.05) is 18.2 Å². The zero-order valence-electron chi connectivity index (χ0n) is 17.2. The molecule has 1 aromatic carbocycles. The summed E-state index contributed by atoms with van der Waals surface area (Å²) in [6, 6.07) is 10.1. The minimum Gasteiger partial charge on any atom is -0.469 e. The van der Waals surface area contributed by atoms with Crippen LogP contribution in [0.25, 0.3) is 0 Å². The Morgan fingerprint density at radius 2 is 1.68 bits per heavy atom. The third-order valence-electron chi connectivity index (χ3n) is 7.70. The number of carbonyl (C=O) groups is 2. The molecule has 1 aliphatic heterocycles. The maximum Gasteiger partial charge on any atom is 0.320 e. The van der Waals surface area contributed by atoms with Gasteiger partial charge in [0.25, 0.3) is 0 Å². The van der Waals surface area contributed by atoms with Crippen molar-refractivity contribution in [2.45, 2.75) is 44.8 Å². The Morgan fingerprint density at radius 3 is 2.29 bits per heavy atom. The molecule has 0 aromatic heterocycles. The van der Waals surface area contributed by atoms with Gasteiger partial charge in [0.05, 0.1) is 20.1 Å². The lowest BCUT2D eigenvalue weighted by Crippen LogP contribution is -2.43. The predicted octanol–water partition coefficient (Wildman–Crippen LogP) is 4.56. The first kappa shape index (κ1) is 19.6. The molecule has 4 nitrogen and oxygen atoms in total. The predicted molar refractivity (Wildman–Crippen MR) is 110 cm³/mol. The van der Waals surface area contributed by atoms with Crippen LogP contribution in [0.1, 0.15) is 45.1 Å². The Kier molecular flexibility index (Phi) is 4.65. The van der Waals surface area contributed by atoms with Gasteiger partial charge in [-0.1, -0.05) is 51.1 Å². The molecular weight excluding hydrogens is 372 g/mol. The molecule has 1 aromatic rings. The number of hydrogen-bond acceptors (Lipinski definition) is 5. The van der Waals surface area contributed by atoms with E-state index in [0.29, 0.717) is 5.92 Å². The second-order valence-corrected chi connectivity index (χ2v) is 10.1. The standard InChI is InChI=1S/C23H28O4S/c1-22(2)14-11-12-23(22,3)19-16(14)15(13-9-7-6-8-10-13)17(20(24)26-4)18(28-19)21(25)27-5/h6-10,14-15,17-18H,11-12H2,1-5H3/t14-,15+,17-,18+,23+/m1/s1. The fourth-order valence-corrected chi connectivity index (χ4v) is 7.70. The number of esters is 2. The van der Waals surface area contributed by atoms with Gasteiger partial charge in [0.1, 0.15) is 5.25 Å². The molecule has 0 unspecified atom stereocenters. The highest BCUT2D eigenvalue weighted by Crippen LogP contribution is 2.74. The van der Waals surface area contributed by atoms with E-state index in [1.54, 1.807) is 11.8 Å². The number of ether oxygens (including phenoxy) is 2. The molecule has 2 bridgehead atoms. The van der Waals surface area contributed by atoms with Gasteiger partial charge < -0.3 is 9.47 Å². The van der Waals surface area contributed by atoms with Crippen LogP contribution in [0, 0.1) is 22.7 Å². The fraction of sp³-hybridized carbons (Fsp3) is 0.565. The van der Waals surface area contributed by atoms with Crippen LogP contribution in [-0.2, 0) is 19.1 Å². The smallest absolute Gasteiger partial charge is 0.320 e. The van der Waals surface area contributed by atoms with Crippen LogP contribution in [0.3, 0.4) is 0 Å². The van der Waals surface area contributed by atoms with Gasteiger partial charge in [-0.3, -0.25) is 9.59 Å². The number of benzene rings is 1. The van der Waals surface area contributed by atoms with Crippen molar-refractivity contribution >= 4 is 23.7 Å². The topological polar surface area (TPSA) is 52.6 Å². The van der Waals surface area contributed by atoms with E-state index in [2.05, 4.69) is 32.9 Å². The molecule has 0 amide bonds. The summed E-state index contributed by atoms with van der Waals surface area (Å²) < 4.78 is 10.3. The largest absolute Gasteiger partial charge is 0.469 e. The fourth-order valence-electron chi connectivity index (χ4n) is 5.81. The Balaban J connectivity index is 1.95. The van der Waals surface area contributed by atoms with Gasteiger partial charge >= 0.3 is 11.9 Å². The second kappa shape index (κ2) is 6.65. The highest BCUT2D eigenvalue weighted by Gasteiger charge is 2.65. The second-order valence-electron chi connectivity index (χ2n) is 8.93. The van der Waals surface area contributed by atoms with E-state index < -0.39 is 11.2 Å². The quantitative estimate of drug-likeness (QED) is 0.696. The monoisotopic (exact) mass is 400 g/mol. The zero-order valence-corrected chi connectivity index (χ0v) is 18.0. The van der Waals surface area contributed by atoms with E-state index in [-0.39, 0.29) is 28.7 Å². The Bertz CT molecular complexity index is 843. The van der Waals surface area contributed by atoms with Gasteiger partial charge in [0.2, 0.25) is 0 Å². The normalized spacial score (nSPS) is 35.5. The van der Waals surface area contributed by atoms with Gasteiger partial charge in [0, 0.05) is 11.3 Å². The first-order valence-electron chi connectivity index (χ1n) is 9.89. The lowest BCUT2D eigenvalue weighted by molar-refractivity contribution is -0.152. The van der Waals surface area contributed by atoms with Crippen LogP contribution in [-0.4, -0.2) is 31.4 Å². The maximum atomic E-state index is 13.0. The van der Waals surface area contributed by atoms with Crippen LogP contribution in [0.5, 0.6) is 0 Å². The van der Waals surface area contributed by atoms with Crippen molar-refractivity contribution in [1.29, 1.82) is 0 Å². The summed E-state index contributed by atoms with van der Waals surface area (Å²) in [5, 5.41) is -0.589. The molecule has 2 aliphatic carbocycles. The average molecular weight is 401 g/mol. The first-order chi connectivity index (χ1) is 13.3. The van der Waals surface area contributed by atoms with E-state index in [9.17, 15) is 9.59 Å². The SMILES string of the molecule is COC(=O)[C@H]1[C@@H](C(=O)OC)SC2=C([C@@H]1c1ccccc1)[C@H]1CC[C@]2(C)C1(C)C. The van der Waals surface area contributed by atoms with Crippen LogP contribution in [0.2, 0.25) is 0 Å². The molecule has 1 fully saturated rings. The van der Waals surface area contributed by atoms with Crippen molar-refractivity contribution < 1.29 is 19.1 Å². The third kappa shape index (κ3) is 2.44. The van der Waals surface area contributed by atoms with Crippen LogP contribution in [0.15, 0.2) is 40.8 Å². The average Bonchev–Trinajstić information content (AvgIpc) is 3.04. The molecule has 0 N–H and O–H groups in total. The number of methoxy groups -OCH3 is 2. The molecule has 5 atom stereocenters. The molecular formula is C23H28O4S. The summed E-state index contributed by atoms with van der Waals surface area (Å²) in [4.78, 5) is 27.0. The van der Waals surface area contributed by atoms with Gasteiger partial charge in [-0.15, -0.1) is 11.8 Å². The van der Waals surface area contributed by atoms with Crippen LogP contribution >= 0.6 is 11.8 Å². The van der Waals surface area contributed by atoms with E-state index >= 15 is 0 Å². The van der Waals surface area contributed by atoms with Crippen molar-refractivity contribution in [2.24, 2.45) is 22.7 Å². The summed E-state index contributed by atoms with van der Waals surface area (Å²) in [7, 11) is 2.80. The molecule has 0 spiro atoms. The van der Waals surface area contributed by atoms with Crippen molar-refractivity contribution in [1.82, 2.24) is 0 Å². The summed E-state index contributed by atoms with van der Waals surface area (Å²) in [5.74, 6) is -1.01. The highest BCUT2D eigenvalue weighted by molar-refractivity contribution is 8.04. The Morgan fingerprint density at radius 1 is 1.04 bits per heavy atom. The number of rotatable bonds is 3. The van der Waals surface area contributed by atoms with Crippen molar-refractivity contribution in [3.05, 3.63) is 46.4 Å². The number of hydrogen-bond donors (Lipinski definition) is 0. The lowest BCUT2D eigenvalue weighted by Gasteiger charge is -2.42. The number of carbonyl (C=O) groups excluding carboxylic acids is 2. The number of allylic oxidation sites excluding steroid dienone is 2. The van der Waals surface area contributed by atoms with Crippen LogP contribution in [0.4, 0.5) is 0 Å². The summed E-state index contributed by atoms with van der Waals surface area (Å²) in [5.41, 5.74) is 2.55. The molecule has 4 rings (SSSR count). The first-order valence-corrected chi connectivity index (χ1v) is 10.8. The molecule has 28 heavy (non-hydrogen) atoms. The molecule has 150 valence electrons. The van der Waals surface area contributed by atoms with Crippen molar-refractivity contribution in [2.75, 3.05) is 14.2 Å². The summed E-state index contributed by atoms with van der Waals surface area (Å²) in [6.45, 7) is 7.01. The number of fused-ring (bicyclic) bond motifs is 4. The molecule has 0 radical (unpaired) electrons. The molecule has 1 saturated carbocycles.